The molecule has 1 saturated heterocycles. The number of β-amino-alcohol motifs (C(OH)–C–C–N with tert-alkyl or cyclic N) is 1. The average molecular weight is 708 g/mol. The first-order valence-corrected chi connectivity index (χ1v) is 17.8. The van der Waals surface area contributed by atoms with E-state index in [0.29, 0.717) is 48.6 Å². The highest BCUT2D eigenvalue weighted by atomic mass is 19.4. The van der Waals surface area contributed by atoms with Crippen LogP contribution < -0.4 is 10.6 Å². The highest BCUT2D eigenvalue weighted by Crippen LogP contribution is 2.41. The number of aliphatic hydroxyl groups excluding tert-OH is 1. The van der Waals surface area contributed by atoms with E-state index >= 15 is 0 Å². The Labute approximate surface area is 298 Å². The molecule has 0 aromatic heterocycles. The number of hydrogen-bond acceptors (Lipinski definition) is 6. The molecule has 1 aliphatic heterocycles. The summed E-state index contributed by atoms with van der Waals surface area (Å²) in [6.07, 6.45) is 7.85. The molecule has 1 amide bonds. The summed E-state index contributed by atoms with van der Waals surface area (Å²) in [6.45, 7) is 6.72. The van der Waals surface area contributed by atoms with Crippen molar-refractivity contribution >= 4 is 28.7 Å². The molecule has 5 rings (SSSR count). The number of benzene rings is 2. The van der Waals surface area contributed by atoms with Gasteiger partial charge in [-0.25, -0.2) is 0 Å². The van der Waals surface area contributed by atoms with E-state index in [0.717, 1.165) is 51.5 Å². The van der Waals surface area contributed by atoms with Gasteiger partial charge in [0.15, 0.2) is 0 Å². The summed E-state index contributed by atoms with van der Waals surface area (Å²) < 4.78 is 57.3. The third kappa shape index (κ3) is 11.0. The fourth-order valence-corrected chi connectivity index (χ4v) is 6.96. The summed E-state index contributed by atoms with van der Waals surface area (Å²) in [7, 11) is 1.97. The van der Waals surface area contributed by atoms with Gasteiger partial charge in [0.2, 0.25) is 11.9 Å². The number of halogens is 4. The molecule has 0 unspecified atom stereocenters. The van der Waals surface area contributed by atoms with E-state index in [9.17, 15) is 27.5 Å². The van der Waals surface area contributed by atoms with E-state index in [1.807, 2.05) is 13.1 Å². The first-order chi connectivity index (χ1) is 24.3. The molecule has 3 fully saturated rings. The second-order valence-corrected chi connectivity index (χ2v) is 14.2. The molecule has 51 heavy (non-hydrogen) atoms. The number of carbonyl (C=O) groups is 1. The number of anilines is 1. The van der Waals surface area contributed by atoms with Gasteiger partial charge in [-0.05, 0) is 72.7 Å². The summed E-state index contributed by atoms with van der Waals surface area (Å²) >= 11 is 0. The van der Waals surface area contributed by atoms with E-state index in [1.54, 1.807) is 59.5 Å². The van der Waals surface area contributed by atoms with Crippen LogP contribution >= 0.6 is 0 Å². The lowest BCUT2D eigenvalue weighted by Gasteiger charge is -2.35. The number of nitrogens with zero attached hydrogens (tertiary/aromatic N) is 2. The van der Waals surface area contributed by atoms with E-state index in [-0.39, 0.29) is 34.2 Å². The molecule has 274 valence electrons. The van der Waals surface area contributed by atoms with Crippen LogP contribution in [0.25, 0.3) is 11.1 Å². The molecule has 0 radical (unpaired) electrons. The second-order valence-electron chi connectivity index (χ2n) is 14.2. The maximum absolute atomic E-state index is 14.8. The van der Waals surface area contributed by atoms with Gasteiger partial charge in [-0.1, -0.05) is 80.5 Å². The van der Waals surface area contributed by atoms with Crippen LogP contribution in [-0.2, 0) is 4.79 Å². The Morgan fingerprint density at radius 1 is 1.06 bits per heavy atom. The SMILES string of the molecule is C=C(/C=C\CN(C)CC1(NC/C=C/C(=O)N2CC(O)C2)CC1)/C(=C(/CC(F)(F)F)c1ccccc1)c1ccc(NC2CCCCC2)c(C(=N)F)c1. The zero-order chi connectivity index (χ0) is 36.6. The van der Waals surface area contributed by atoms with Crippen LogP contribution in [0.1, 0.15) is 68.1 Å². The van der Waals surface area contributed by atoms with Crippen LogP contribution in [0, 0.1) is 5.41 Å². The van der Waals surface area contributed by atoms with Gasteiger partial charge in [-0.15, -0.1) is 0 Å². The first-order valence-electron chi connectivity index (χ1n) is 17.8. The first kappa shape index (κ1) is 38.2. The molecular formula is C40H49F4N5O2. The third-order valence-corrected chi connectivity index (χ3v) is 9.82. The molecule has 1 heterocycles. The zero-order valence-corrected chi connectivity index (χ0v) is 29.2. The van der Waals surface area contributed by atoms with Crippen molar-refractivity contribution in [3.05, 3.63) is 102 Å². The van der Waals surface area contributed by atoms with Crippen LogP contribution in [0.5, 0.6) is 0 Å². The van der Waals surface area contributed by atoms with E-state index in [2.05, 4.69) is 22.1 Å². The maximum atomic E-state index is 14.8. The molecule has 7 nitrogen and oxygen atoms in total. The van der Waals surface area contributed by atoms with Crippen molar-refractivity contribution in [1.29, 1.82) is 5.41 Å². The smallest absolute Gasteiger partial charge is 0.389 e. The monoisotopic (exact) mass is 707 g/mol. The van der Waals surface area contributed by atoms with Crippen molar-refractivity contribution in [2.45, 2.75) is 75.2 Å². The van der Waals surface area contributed by atoms with Crippen LogP contribution in [-0.4, -0.2) is 90.4 Å². The molecule has 2 saturated carbocycles. The van der Waals surface area contributed by atoms with Crippen molar-refractivity contribution in [3.63, 3.8) is 0 Å². The Morgan fingerprint density at radius 2 is 1.76 bits per heavy atom. The molecule has 11 heteroatoms. The Balaban J connectivity index is 1.34. The number of amides is 1. The van der Waals surface area contributed by atoms with Gasteiger partial charge >= 0.3 is 6.18 Å². The standard InChI is InChI=1S/C40H49F4N5O2/c1-28(11-10-22-48(2)27-39(19-20-39)46-21-9-16-36(51)49-25-32(50)26-49)37(34(24-40(42,43)44)29-12-5-3-6-13-29)30-17-18-35(33(23-30)38(41)45)47-31-14-7-4-8-15-31/h3,5-6,9-13,16-18,23,31-32,45-47,50H,1,4,7-8,14-15,19-22,24-27H2,2H3/b11-10-,16-9+,37-34+,45-38?. The number of aliphatic hydroxyl groups is 1. The Morgan fingerprint density at radius 3 is 2.39 bits per heavy atom. The number of allylic oxidation sites excluding steroid dienone is 4. The lowest BCUT2D eigenvalue weighted by Crippen LogP contribution is -2.53. The number of likely N-dealkylation sites (tertiary alicyclic amines) is 1. The quantitative estimate of drug-likeness (QED) is 0.0477. The summed E-state index contributed by atoms with van der Waals surface area (Å²) in [5.41, 5.74) is 1.74. The summed E-state index contributed by atoms with van der Waals surface area (Å²) in [5, 5.41) is 24.2. The third-order valence-electron chi connectivity index (χ3n) is 9.82. The molecule has 2 aliphatic carbocycles. The second kappa shape index (κ2) is 17.0. The number of likely N-dealkylation sites (N-methyl/N-ethyl adjacent to an activating group) is 1. The maximum Gasteiger partial charge on any atom is 0.393 e. The van der Waals surface area contributed by atoms with Gasteiger partial charge in [0.1, 0.15) is 0 Å². The highest BCUT2D eigenvalue weighted by Gasteiger charge is 2.42. The molecular weight excluding hydrogens is 658 g/mol. The highest BCUT2D eigenvalue weighted by molar-refractivity contribution is 6.03. The van der Waals surface area contributed by atoms with Gasteiger partial charge in [0.05, 0.1) is 18.1 Å². The number of hydrogen-bond donors (Lipinski definition) is 4. The Bertz CT molecular complexity index is 1640. The minimum absolute atomic E-state index is 0.00675. The fourth-order valence-electron chi connectivity index (χ4n) is 6.96. The van der Waals surface area contributed by atoms with Crippen molar-refractivity contribution in [3.8, 4) is 0 Å². The molecule has 3 aliphatic rings. The molecule has 0 bridgehead atoms. The molecule has 0 atom stereocenters. The number of carbonyl (C=O) groups excluding carboxylic acids is 1. The summed E-state index contributed by atoms with van der Waals surface area (Å²) in [5.74, 6) is -1.27. The van der Waals surface area contributed by atoms with Crippen molar-refractivity contribution in [2.24, 2.45) is 0 Å². The van der Waals surface area contributed by atoms with Gasteiger partial charge < -0.3 is 25.5 Å². The number of rotatable bonds is 16. The summed E-state index contributed by atoms with van der Waals surface area (Å²) in [6, 6.07) is 13.3. The molecule has 2 aromatic carbocycles. The normalized spacial score (nSPS) is 18.6. The fraction of sp³-hybridized carbons (Fsp3) is 0.450. The topological polar surface area (TPSA) is 91.7 Å². The van der Waals surface area contributed by atoms with Gasteiger partial charge in [0.25, 0.3) is 0 Å². The average Bonchev–Trinajstić information content (AvgIpc) is 3.84. The zero-order valence-electron chi connectivity index (χ0n) is 29.2. The van der Waals surface area contributed by atoms with Crippen LogP contribution in [0.15, 0.2) is 85.0 Å². The predicted molar refractivity (Wildman–Crippen MR) is 196 cm³/mol. The van der Waals surface area contributed by atoms with E-state index in [1.165, 1.54) is 12.1 Å². The minimum atomic E-state index is -4.52. The van der Waals surface area contributed by atoms with Gasteiger partial charge in [-0.2, -0.15) is 17.6 Å². The molecule has 0 spiro atoms. The van der Waals surface area contributed by atoms with Crippen LogP contribution in [0.2, 0.25) is 0 Å². The van der Waals surface area contributed by atoms with Crippen molar-refractivity contribution < 1.29 is 27.5 Å². The van der Waals surface area contributed by atoms with E-state index in [4.69, 9.17) is 5.41 Å². The van der Waals surface area contributed by atoms with E-state index < -0.39 is 24.7 Å². The number of nitrogens with one attached hydrogen (secondary N) is 3. The van der Waals surface area contributed by atoms with Crippen molar-refractivity contribution in [2.75, 3.05) is 45.1 Å². The van der Waals surface area contributed by atoms with Crippen LogP contribution in [0.4, 0.5) is 23.2 Å². The lowest BCUT2D eigenvalue weighted by molar-refractivity contribution is -0.135. The van der Waals surface area contributed by atoms with Crippen LogP contribution in [0.3, 0.4) is 0 Å². The van der Waals surface area contributed by atoms with Crippen molar-refractivity contribution in [1.82, 2.24) is 15.1 Å². The Kier molecular flexibility index (Phi) is 12.7. The Hall–Kier alpha value is -4.06. The molecule has 2 aromatic rings. The minimum Gasteiger partial charge on any atom is -0.389 e. The largest absolute Gasteiger partial charge is 0.393 e. The van der Waals surface area contributed by atoms with Gasteiger partial charge in [0, 0.05) is 56.1 Å². The lowest BCUT2D eigenvalue weighted by atomic mass is 9.87. The predicted octanol–water partition coefficient (Wildman–Crippen LogP) is 7.51. The number of alkyl halides is 3. The van der Waals surface area contributed by atoms with Gasteiger partial charge in [-0.3, -0.25) is 10.2 Å². The molecule has 4 N–H and O–H groups in total. The summed E-state index contributed by atoms with van der Waals surface area (Å²) in [4.78, 5) is 15.8.